The van der Waals surface area contributed by atoms with Crippen LogP contribution in [0.1, 0.15) is 58.0 Å². The molecule has 3 rings (SSSR count). The molecule has 8 heteroatoms. The molecule has 23 heavy (non-hydrogen) atoms. The molecule has 0 N–H and O–H groups in total. The summed E-state index contributed by atoms with van der Waals surface area (Å²) < 4.78 is 4.83. The summed E-state index contributed by atoms with van der Waals surface area (Å²) in [6.45, 7) is 5.53. The number of carbonyl (C=O) groups is 3. The summed E-state index contributed by atoms with van der Waals surface area (Å²) in [6.07, 6.45) is 0. The normalized spacial score (nSPS) is 14.1. The van der Waals surface area contributed by atoms with Crippen LogP contribution in [0.2, 0.25) is 0 Å². The molecule has 0 radical (unpaired) electrons. The smallest absolute Gasteiger partial charge is 0.326 e. The SMILES string of the molecule is CC(C)(C)c1noc(C(=O)ON2C(=O)c3ccccc3C2=O)n1. The first kappa shape index (κ1) is 14.9. The number of hydrogen-bond donors (Lipinski definition) is 0. The molecule has 2 aromatic rings. The van der Waals surface area contributed by atoms with E-state index in [0.29, 0.717) is 10.9 Å². The van der Waals surface area contributed by atoms with Crippen molar-refractivity contribution in [2.45, 2.75) is 26.2 Å². The van der Waals surface area contributed by atoms with E-state index in [1.807, 2.05) is 20.8 Å². The van der Waals surface area contributed by atoms with Gasteiger partial charge >= 0.3 is 11.9 Å². The zero-order valence-corrected chi connectivity index (χ0v) is 12.7. The van der Waals surface area contributed by atoms with Gasteiger partial charge in [-0.25, -0.2) is 4.79 Å². The number of hydrogen-bond acceptors (Lipinski definition) is 7. The van der Waals surface area contributed by atoms with E-state index >= 15 is 0 Å². The number of amides is 2. The first-order chi connectivity index (χ1) is 10.8. The highest BCUT2D eigenvalue weighted by Gasteiger charge is 2.39. The van der Waals surface area contributed by atoms with Crippen molar-refractivity contribution in [2.75, 3.05) is 0 Å². The molecule has 2 heterocycles. The molecule has 0 spiro atoms. The fraction of sp³-hybridized carbons (Fsp3) is 0.267. The van der Waals surface area contributed by atoms with E-state index in [1.165, 1.54) is 12.1 Å². The lowest BCUT2D eigenvalue weighted by Gasteiger charge is -2.11. The van der Waals surface area contributed by atoms with Crippen molar-refractivity contribution in [1.29, 1.82) is 0 Å². The molecule has 1 aliphatic heterocycles. The van der Waals surface area contributed by atoms with Gasteiger partial charge < -0.3 is 9.36 Å². The molecule has 2 amide bonds. The van der Waals surface area contributed by atoms with Gasteiger partial charge in [0.25, 0.3) is 11.8 Å². The predicted octanol–water partition coefficient (Wildman–Crippen LogP) is 1.74. The van der Waals surface area contributed by atoms with Gasteiger partial charge in [-0.05, 0) is 12.1 Å². The summed E-state index contributed by atoms with van der Waals surface area (Å²) in [4.78, 5) is 45.0. The van der Waals surface area contributed by atoms with E-state index in [1.54, 1.807) is 12.1 Å². The van der Waals surface area contributed by atoms with Gasteiger partial charge in [0.2, 0.25) is 0 Å². The lowest BCUT2D eigenvalue weighted by molar-refractivity contribution is -0.0612. The third-order valence-electron chi connectivity index (χ3n) is 3.20. The van der Waals surface area contributed by atoms with Gasteiger partial charge in [0.15, 0.2) is 5.82 Å². The van der Waals surface area contributed by atoms with Gasteiger partial charge in [0.05, 0.1) is 11.1 Å². The van der Waals surface area contributed by atoms with Crippen LogP contribution in [0.25, 0.3) is 0 Å². The molecule has 0 saturated carbocycles. The van der Waals surface area contributed by atoms with Crippen molar-refractivity contribution in [3.63, 3.8) is 0 Å². The predicted molar refractivity (Wildman–Crippen MR) is 75.4 cm³/mol. The average molecular weight is 315 g/mol. The van der Waals surface area contributed by atoms with Crippen molar-refractivity contribution >= 4 is 17.8 Å². The topological polar surface area (TPSA) is 103 Å². The zero-order valence-electron chi connectivity index (χ0n) is 12.7. The molecule has 0 unspecified atom stereocenters. The number of aromatic nitrogens is 2. The molecule has 1 aromatic heterocycles. The van der Waals surface area contributed by atoms with Crippen molar-refractivity contribution in [2.24, 2.45) is 0 Å². The van der Waals surface area contributed by atoms with Crippen LogP contribution >= 0.6 is 0 Å². The number of nitrogens with zero attached hydrogens (tertiary/aromatic N) is 3. The molecule has 0 saturated heterocycles. The van der Waals surface area contributed by atoms with E-state index < -0.39 is 29.1 Å². The summed E-state index contributed by atoms with van der Waals surface area (Å²) >= 11 is 0. The number of hydroxylamine groups is 2. The summed E-state index contributed by atoms with van der Waals surface area (Å²) in [6, 6.07) is 6.19. The molecule has 118 valence electrons. The van der Waals surface area contributed by atoms with Gasteiger partial charge in [-0.15, -0.1) is 0 Å². The second kappa shape index (κ2) is 5.01. The minimum absolute atomic E-state index is 0.172. The third-order valence-corrected chi connectivity index (χ3v) is 3.20. The molecule has 1 aromatic carbocycles. The molecular weight excluding hydrogens is 302 g/mol. The van der Waals surface area contributed by atoms with E-state index in [-0.39, 0.29) is 11.1 Å². The lowest BCUT2D eigenvalue weighted by Crippen LogP contribution is -2.32. The minimum atomic E-state index is -1.07. The third kappa shape index (κ3) is 2.48. The Morgan fingerprint density at radius 3 is 2.17 bits per heavy atom. The van der Waals surface area contributed by atoms with Crippen molar-refractivity contribution in [3.8, 4) is 0 Å². The van der Waals surface area contributed by atoms with Crippen LogP contribution in [-0.2, 0) is 10.3 Å². The highest BCUT2D eigenvalue weighted by Crippen LogP contribution is 2.24. The Morgan fingerprint density at radius 1 is 1.13 bits per heavy atom. The average Bonchev–Trinajstić information content (AvgIpc) is 3.08. The highest BCUT2D eigenvalue weighted by atomic mass is 16.7. The van der Waals surface area contributed by atoms with Crippen LogP contribution in [0.5, 0.6) is 0 Å². The Morgan fingerprint density at radius 2 is 1.70 bits per heavy atom. The minimum Gasteiger partial charge on any atom is -0.326 e. The summed E-state index contributed by atoms with van der Waals surface area (Å²) in [5.74, 6) is -2.61. The molecular formula is C15H13N3O5. The van der Waals surface area contributed by atoms with Crippen molar-refractivity contribution < 1.29 is 23.7 Å². The van der Waals surface area contributed by atoms with E-state index in [9.17, 15) is 14.4 Å². The quantitative estimate of drug-likeness (QED) is 0.777. The van der Waals surface area contributed by atoms with Crippen LogP contribution in [0.4, 0.5) is 0 Å². The first-order valence-electron chi connectivity index (χ1n) is 6.83. The van der Waals surface area contributed by atoms with Gasteiger partial charge in [-0.1, -0.05) is 43.1 Å². The maximum Gasteiger partial charge on any atom is 0.422 e. The number of carbonyl (C=O) groups excluding carboxylic acids is 3. The Bertz CT molecular complexity index is 784. The molecule has 1 aliphatic rings. The number of rotatable bonds is 2. The summed E-state index contributed by atoms with van der Waals surface area (Å²) in [5, 5.41) is 4.08. The van der Waals surface area contributed by atoms with Crippen LogP contribution in [0.15, 0.2) is 28.8 Å². The molecule has 0 bridgehead atoms. The lowest BCUT2D eigenvalue weighted by atomic mass is 9.96. The summed E-state index contributed by atoms with van der Waals surface area (Å²) in [7, 11) is 0. The van der Waals surface area contributed by atoms with Crippen LogP contribution in [0, 0.1) is 0 Å². The Hall–Kier alpha value is -3.03. The van der Waals surface area contributed by atoms with Gasteiger partial charge in [0, 0.05) is 5.41 Å². The second-order valence-electron chi connectivity index (χ2n) is 6.00. The van der Waals surface area contributed by atoms with Crippen LogP contribution in [0.3, 0.4) is 0 Å². The van der Waals surface area contributed by atoms with Crippen LogP contribution in [-0.4, -0.2) is 33.0 Å². The first-order valence-corrected chi connectivity index (χ1v) is 6.83. The largest absolute Gasteiger partial charge is 0.422 e. The highest BCUT2D eigenvalue weighted by molar-refractivity contribution is 6.21. The molecule has 0 atom stereocenters. The van der Waals surface area contributed by atoms with Gasteiger partial charge in [0.1, 0.15) is 0 Å². The van der Waals surface area contributed by atoms with Crippen molar-refractivity contribution in [1.82, 2.24) is 15.2 Å². The van der Waals surface area contributed by atoms with E-state index in [0.717, 1.165) is 0 Å². The Labute approximate surface area is 131 Å². The standard InChI is InChI=1S/C15H13N3O5/c1-15(2,3)14-16-10(22-17-14)13(21)23-18-11(19)8-6-4-5-7-9(8)12(18)20/h4-7H,1-3H3. The number of fused-ring (bicyclic) bond motifs is 1. The van der Waals surface area contributed by atoms with Gasteiger partial charge in [-0.2, -0.15) is 4.98 Å². The van der Waals surface area contributed by atoms with Crippen molar-refractivity contribution in [3.05, 3.63) is 47.1 Å². The number of imide groups is 1. The zero-order chi connectivity index (χ0) is 16.8. The van der Waals surface area contributed by atoms with Gasteiger partial charge in [-0.3, -0.25) is 9.59 Å². The maximum absolute atomic E-state index is 12.1. The fourth-order valence-electron chi connectivity index (χ4n) is 1.98. The molecule has 0 fully saturated rings. The van der Waals surface area contributed by atoms with E-state index in [2.05, 4.69) is 10.1 Å². The Balaban J connectivity index is 1.81. The second-order valence-corrected chi connectivity index (χ2v) is 6.00. The number of benzene rings is 1. The maximum atomic E-state index is 12.1. The Kier molecular flexibility index (Phi) is 3.24. The molecule has 8 nitrogen and oxygen atoms in total. The molecule has 0 aliphatic carbocycles. The van der Waals surface area contributed by atoms with Crippen LogP contribution < -0.4 is 0 Å². The summed E-state index contributed by atoms with van der Waals surface area (Å²) in [5.41, 5.74) is -0.0743. The monoisotopic (exact) mass is 315 g/mol. The fourth-order valence-corrected chi connectivity index (χ4v) is 1.98. The van der Waals surface area contributed by atoms with E-state index in [4.69, 9.17) is 9.36 Å².